The van der Waals surface area contributed by atoms with Gasteiger partial charge in [0.1, 0.15) is 5.58 Å². The average Bonchev–Trinajstić information content (AvgIpc) is 3.09. The zero-order valence-corrected chi connectivity index (χ0v) is 16.1. The van der Waals surface area contributed by atoms with Crippen LogP contribution in [0, 0.1) is 0 Å². The molecular weight excluding hydrogens is 360 g/mol. The van der Waals surface area contributed by atoms with Gasteiger partial charge < -0.3 is 15.1 Å². The molecule has 6 heteroatoms. The van der Waals surface area contributed by atoms with Crippen molar-refractivity contribution in [2.45, 2.75) is 12.5 Å². The third-order valence-corrected chi connectivity index (χ3v) is 4.95. The van der Waals surface area contributed by atoms with E-state index in [2.05, 4.69) is 4.90 Å². The van der Waals surface area contributed by atoms with E-state index in [0.29, 0.717) is 23.2 Å². The van der Waals surface area contributed by atoms with Gasteiger partial charge in [0.15, 0.2) is 11.6 Å². The van der Waals surface area contributed by atoms with Gasteiger partial charge in [-0.15, -0.1) is 0 Å². The van der Waals surface area contributed by atoms with Crippen LogP contribution in [0.15, 0.2) is 52.9 Å². The highest BCUT2D eigenvalue weighted by Gasteiger charge is 2.21. The van der Waals surface area contributed by atoms with Crippen LogP contribution in [0.25, 0.3) is 33.5 Å². The smallest absolute Gasteiger partial charge is 0.196 e. The lowest BCUT2D eigenvalue weighted by Gasteiger charge is -2.24. The number of benzene rings is 2. The van der Waals surface area contributed by atoms with E-state index in [9.17, 15) is 0 Å². The van der Waals surface area contributed by atoms with Gasteiger partial charge in [0.05, 0.1) is 17.3 Å². The first-order valence-electron chi connectivity index (χ1n) is 8.89. The first-order valence-corrected chi connectivity index (χ1v) is 9.27. The molecule has 2 aromatic heterocycles. The number of rotatable bonds is 5. The molecular formula is C21H21ClN4O. The molecule has 0 aliphatic heterocycles. The van der Waals surface area contributed by atoms with Crippen LogP contribution in [-0.2, 0) is 0 Å². The van der Waals surface area contributed by atoms with Gasteiger partial charge in [-0.25, -0.2) is 9.97 Å². The van der Waals surface area contributed by atoms with Crippen molar-refractivity contribution in [3.63, 3.8) is 0 Å². The number of fused-ring (bicyclic) bond motifs is 2. The molecule has 0 fully saturated rings. The van der Waals surface area contributed by atoms with Crippen molar-refractivity contribution in [1.29, 1.82) is 0 Å². The fourth-order valence-corrected chi connectivity index (χ4v) is 3.55. The van der Waals surface area contributed by atoms with Crippen LogP contribution in [0.4, 0.5) is 0 Å². The molecule has 0 aliphatic carbocycles. The summed E-state index contributed by atoms with van der Waals surface area (Å²) in [6, 6.07) is 15.6. The lowest BCUT2D eigenvalue weighted by atomic mass is 10.0. The highest BCUT2D eigenvalue weighted by Crippen LogP contribution is 2.32. The summed E-state index contributed by atoms with van der Waals surface area (Å²) in [4.78, 5) is 11.7. The standard InChI is InChI=1S/C21H21ClN4O/c1-26(2)17(9-10-23)20-15-12-14(22)7-8-16(15)24-21(25-20)19-11-13-5-3-4-6-18(13)27-19/h3-8,11-12,17H,9-10,23H2,1-2H3. The second-order valence-electron chi connectivity index (χ2n) is 6.80. The molecule has 0 amide bonds. The highest BCUT2D eigenvalue weighted by molar-refractivity contribution is 6.31. The molecule has 2 heterocycles. The molecule has 2 aromatic carbocycles. The molecule has 0 spiro atoms. The summed E-state index contributed by atoms with van der Waals surface area (Å²) >= 11 is 6.25. The predicted octanol–water partition coefficient (Wildman–Crippen LogP) is 4.65. The minimum Gasteiger partial charge on any atom is -0.453 e. The summed E-state index contributed by atoms with van der Waals surface area (Å²) in [6.07, 6.45) is 0.783. The monoisotopic (exact) mass is 380 g/mol. The Hall–Kier alpha value is -2.47. The van der Waals surface area contributed by atoms with E-state index >= 15 is 0 Å². The van der Waals surface area contributed by atoms with Crippen LogP contribution in [-0.4, -0.2) is 35.5 Å². The SMILES string of the molecule is CN(C)C(CCN)c1nc(-c2cc3ccccc3o2)nc2ccc(Cl)cc12. The number of nitrogens with two attached hydrogens (primary N) is 1. The maximum atomic E-state index is 6.25. The summed E-state index contributed by atoms with van der Waals surface area (Å²) in [6.45, 7) is 0.564. The molecule has 1 unspecified atom stereocenters. The first-order chi connectivity index (χ1) is 13.1. The Labute approximate surface area is 162 Å². The van der Waals surface area contributed by atoms with Crippen molar-refractivity contribution >= 4 is 33.5 Å². The molecule has 0 saturated heterocycles. The molecule has 27 heavy (non-hydrogen) atoms. The van der Waals surface area contributed by atoms with E-state index in [4.69, 9.17) is 31.7 Å². The van der Waals surface area contributed by atoms with Crippen LogP contribution in [0.3, 0.4) is 0 Å². The van der Waals surface area contributed by atoms with Crippen LogP contribution < -0.4 is 5.73 Å². The molecule has 1 atom stereocenters. The number of furan rings is 1. The Morgan fingerprint density at radius 1 is 1.11 bits per heavy atom. The zero-order valence-electron chi connectivity index (χ0n) is 15.3. The summed E-state index contributed by atoms with van der Waals surface area (Å²) in [5, 5.41) is 2.63. The Morgan fingerprint density at radius 2 is 1.93 bits per heavy atom. The van der Waals surface area contributed by atoms with Crippen molar-refractivity contribution < 1.29 is 4.42 Å². The largest absolute Gasteiger partial charge is 0.453 e. The van der Waals surface area contributed by atoms with Crippen LogP contribution in [0.5, 0.6) is 0 Å². The molecule has 138 valence electrons. The molecule has 0 aliphatic rings. The Kier molecular flexibility index (Phi) is 4.83. The lowest BCUT2D eigenvalue weighted by molar-refractivity contribution is 0.283. The van der Waals surface area contributed by atoms with Crippen molar-refractivity contribution in [1.82, 2.24) is 14.9 Å². The van der Waals surface area contributed by atoms with Gasteiger partial charge in [-0.05, 0) is 57.4 Å². The number of nitrogens with zero attached hydrogens (tertiary/aromatic N) is 3. The molecule has 0 bridgehead atoms. The first kappa shape index (κ1) is 17.9. The van der Waals surface area contributed by atoms with Crippen molar-refractivity contribution in [3.8, 4) is 11.6 Å². The summed E-state index contributed by atoms with van der Waals surface area (Å²) in [5.74, 6) is 1.22. The zero-order chi connectivity index (χ0) is 19.0. The molecule has 0 radical (unpaired) electrons. The van der Waals surface area contributed by atoms with E-state index in [1.807, 2.05) is 62.6 Å². The van der Waals surface area contributed by atoms with Gasteiger partial charge in [-0.2, -0.15) is 0 Å². The Morgan fingerprint density at radius 3 is 2.67 bits per heavy atom. The maximum Gasteiger partial charge on any atom is 0.196 e. The van der Waals surface area contributed by atoms with E-state index in [0.717, 1.165) is 34.0 Å². The maximum absolute atomic E-state index is 6.25. The minimum atomic E-state index is 0.0575. The number of hydrogen-bond donors (Lipinski definition) is 1. The van der Waals surface area contributed by atoms with Crippen LogP contribution in [0.2, 0.25) is 5.02 Å². The van der Waals surface area contributed by atoms with Crippen molar-refractivity contribution in [3.05, 3.63) is 59.2 Å². The summed E-state index contributed by atoms with van der Waals surface area (Å²) < 4.78 is 5.99. The third kappa shape index (κ3) is 3.41. The number of hydrogen-bond acceptors (Lipinski definition) is 5. The van der Waals surface area contributed by atoms with Gasteiger partial charge in [-0.3, -0.25) is 0 Å². The molecule has 4 rings (SSSR count). The predicted molar refractivity (Wildman–Crippen MR) is 110 cm³/mol. The minimum absolute atomic E-state index is 0.0575. The Bertz CT molecular complexity index is 1070. The highest BCUT2D eigenvalue weighted by atomic mass is 35.5. The van der Waals surface area contributed by atoms with Crippen LogP contribution >= 0.6 is 11.6 Å². The average molecular weight is 381 g/mol. The van der Waals surface area contributed by atoms with Gasteiger partial charge in [-0.1, -0.05) is 29.8 Å². The van der Waals surface area contributed by atoms with Crippen LogP contribution in [0.1, 0.15) is 18.2 Å². The quantitative estimate of drug-likeness (QED) is 0.546. The lowest BCUT2D eigenvalue weighted by Crippen LogP contribution is -2.24. The summed E-state index contributed by atoms with van der Waals surface area (Å²) in [7, 11) is 4.05. The Balaban J connectivity index is 1.95. The summed E-state index contributed by atoms with van der Waals surface area (Å²) in [5.41, 5.74) is 8.43. The van der Waals surface area contributed by atoms with Gasteiger partial charge in [0.2, 0.25) is 0 Å². The number of aromatic nitrogens is 2. The number of para-hydroxylation sites is 1. The second-order valence-corrected chi connectivity index (χ2v) is 7.24. The van der Waals surface area contributed by atoms with Crippen molar-refractivity contribution in [2.24, 2.45) is 5.73 Å². The normalized spacial score (nSPS) is 12.9. The topological polar surface area (TPSA) is 68.2 Å². The molecule has 4 aromatic rings. The molecule has 5 nitrogen and oxygen atoms in total. The second kappa shape index (κ2) is 7.27. The van der Waals surface area contributed by atoms with Gasteiger partial charge >= 0.3 is 0 Å². The van der Waals surface area contributed by atoms with Gasteiger partial charge in [0, 0.05) is 15.8 Å². The molecule has 0 saturated carbocycles. The van der Waals surface area contributed by atoms with Gasteiger partial charge in [0.25, 0.3) is 0 Å². The van der Waals surface area contributed by atoms with E-state index in [1.165, 1.54) is 0 Å². The van der Waals surface area contributed by atoms with E-state index < -0.39 is 0 Å². The molecule has 2 N–H and O–H groups in total. The van der Waals surface area contributed by atoms with E-state index in [-0.39, 0.29) is 6.04 Å². The fourth-order valence-electron chi connectivity index (χ4n) is 3.38. The number of halogens is 1. The van der Waals surface area contributed by atoms with Crippen molar-refractivity contribution in [2.75, 3.05) is 20.6 Å². The fraction of sp³-hybridized carbons (Fsp3) is 0.238. The van der Waals surface area contributed by atoms with E-state index in [1.54, 1.807) is 0 Å². The third-order valence-electron chi connectivity index (χ3n) is 4.71.